The molecule has 0 saturated heterocycles. The van der Waals surface area contributed by atoms with Crippen molar-refractivity contribution in [2.45, 2.75) is 19.1 Å². The molecule has 1 atom stereocenters. The third kappa shape index (κ3) is 4.40. The van der Waals surface area contributed by atoms with Crippen molar-refractivity contribution in [1.82, 2.24) is 19.9 Å². The Balaban J connectivity index is 1.78. The van der Waals surface area contributed by atoms with Crippen LogP contribution in [0.4, 0.5) is 18.9 Å². The third-order valence-corrected chi connectivity index (χ3v) is 4.33. The summed E-state index contributed by atoms with van der Waals surface area (Å²) in [6, 6.07) is 8.54. The van der Waals surface area contributed by atoms with E-state index in [0.717, 1.165) is 28.9 Å². The fourth-order valence-corrected chi connectivity index (χ4v) is 2.79. The van der Waals surface area contributed by atoms with Crippen LogP contribution in [0.25, 0.3) is 11.2 Å². The van der Waals surface area contributed by atoms with E-state index in [1.54, 1.807) is 17.6 Å². The van der Waals surface area contributed by atoms with Crippen LogP contribution in [-0.2, 0) is 6.18 Å². The number of alkyl halides is 3. The van der Waals surface area contributed by atoms with Crippen LogP contribution >= 0.6 is 0 Å². The smallest absolute Gasteiger partial charge is 0.358 e. The van der Waals surface area contributed by atoms with Crippen LogP contribution < -0.4 is 10.6 Å². The summed E-state index contributed by atoms with van der Waals surface area (Å²) in [4.78, 5) is 4.11. The third-order valence-electron chi connectivity index (χ3n) is 4.33. The van der Waals surface area contributed by atoms with Gasteiger partial charge in [-0.3, -0.25) is 0 Å². The zero-order valence-corrected chi connectivity index (χ0v) is 15.5. The molecule has 2 N–H and O–H groups in total. The summed E-state index contributed by atoms with van der Waals surface area (Å²) < 4.78 is 40.4. The van der Waals surface area contributed by atoms with Crippen LogP contribution in [0.5, 0.6) is 0 Å². The Bertz CT molecular complexity index is 1020. The van der Waals surface area contributed by atoms with E-state index in [-0.39, 0.29) is 6.04 Å². The van der Waals surface area contributed by atoms with Crippen LogP contribution in [0.3, 0.4) is 0 Å². The van der Waals surface area contributed by atoms with E-state index in [4.69, 9.17) is 0 Å². The van der Waals surface area contributed by atoms with Gasteiger partial charge in [-0.25, -0.2) is 9.50 Å². The number of nitrogens with one attached hydrogen (secondary N) is 2. The van der Waals surface area contributed by atoms with Gasteiger partial charge in [0.2, 0.25) is 0 Å². The van der Waals surface area contributed by atoms with E-state index in [9.17, 15) is 13.2 Å². The van der Waals surface area contributed by atoms with E-state index in [2.05, 4.69) is 27.3 Å². The van der Waals surface area contributed by atoms with Gasteiger partial charge in [-0.05, 0) is 55.4 Å². The molecule has 0 bridgehead atoms. The zero-order valence-electron chi connectivity index (χ0n) is 15.5. The van der Waals surface area contributed by atoms with Crippen molar-refractivity contribution in [3.63, 3.8) is 0 Å². The highest BCUT2D eigenvalue weighted by atomic mass is 19.4. The molecule has 0 radical (unpaired) electrons. The van der Waals surface area contributed by atoms with Gasteiger partial charge in [0.1, 0.15) is 6.33 Å². The van der Waals surface area contributed by atoms with E-state index in [0.29, 0.717) is 11.4 Å². The second-order valence-electron chi connectivity index (χ2n) is 6.33. The van der Waals surface area contributed by atoms with Crippen molar-refractivity contribution >= 4 is 16.9 Å². The highest BCUT2D eigenvalue weighted by molar-refractivity contribution is 5.66. The lowest BCUT2D eigenvalue weighted by molar-refractivity contribution is -0.137. The first-order chi connectivity index (χ1) is 13.3. The van der Waals surface area contributed by atoms with Crippen molar-refractivity contribution in [2.24, 2.45) is 0 Å². The summed E-state index contributed by atoms with van der Waals surface area (Å²) >= 11 is 0. The number of hydrogen-bond acceptors (Lipinski definition) is 4. The first-order valence-electron chi connectivity index (χ1n) is 8.56. The number of anilines is 1. The molecular weight excluding hydrogens is 367 g/mol. The monoisotopic (exact) mass is 387 g/mol. The maximum atomic E-state index is 12.9. The lowest BCUT2D eigenvalue weighted by Gasteiger charge is -2.19. The SMILES string of the molecule is C=C(Nc1cccc(C(F)(F)F)c1)C(/C=C(\C)c1ccc2ncnn2c1)NC. The number of likely N-dealkylation sites (N-methyl/N-ethyl adjacent to an activating group) is 1. The topological polar surface area (TPSA) is 54.2 Å². The number of rotatable bonds is 6. The molecule has 8 heteroatoms. The molecule has 0 fully saturated rings. The zero-order chi connectivity index (χ0) is 20.3. The summed E-state index contributed by atoms with van der Waals surface area (Å²) in [5.74, 6) is 0. The fourth-order valence-electron chi connectivity index (χ4n) is 2.79. The minimum absolute atomic E-state index is 0.291. The van der Waals surface area contributed by atoms with Gasteiger partial charge >= 0.3 is 6.18 Å². The van der Waals surface area contributed by atoms with Crippen molar-refractivity contribution in [3.05, 3.63) is 78.4 Å². The number of aromatic nitrogens is 3. The summed E-state index contributed by atoms with van der Waals surface area (Å²) in [6.07, 6.45) is 0.901. The average molecular weight is 387 g/mol. The van der Waals surface area contributed by atoms with Crippen LogP contribution in [-0.4, -0.2) is 27.7 Å². The molecule has 0 spiro atoms. The van der Waals surface area contributed by atoms with E-state index in [1.165, 1.54) is 12.4 Å². The number of nitrogens with zero attached hydrogens (tertiary/aromatic N) is 3. The van der Waals surface area contributed by atoms with Crippen LogP contribution in [0.2, 0.25) is 0 Å². The number of halogens is 3. The molecule has 0 aliphatic carbocycles. The maximum absolute atomic E-state index is 12.9. The molecule has 0 amide bonds. The number of hydrogen-bond donors (Lipinski definition) is 2. The van der Waals surface area contributed by atoms with Gasteiger partial charge in [-0.2, -0.15) is 18.3 Å². The van der Waals surface area contributed by atoms with E-state index < -0.39 is 11.7 Å². The highest BCUT2D eigenvalue weighted by Gasteiger charge is 2.30. The Kier molecular flexibility index (Phi) is 5.51. The second-order valence-corrected chi connectivity index (χ2v) is 6.33. The van der Waals surface area contributed by atoms with Crippen molar-refractivity contribution in [2.75, 3.05) is 12.4 Å². The van der Waals surface area contributed by atoms with Crippen LogP contribution in [0.15, 0.2) is 67.3 Å². The van der Waals surface area contributed by atoms with Gasteiger partial charge in [0, 0.05) is 17.6 Å². The number of fused-ring (bicyclic) bond motifs is 1. The molecular formula is C20H20F3N5. The van der Waals surface area contributed by atoms with Crippen molar-refractivity contribution in [3.8, 4) is 0 Å². The van der Waals surface area contributed by atoms with Gasteiger partial charge in [-0.1, -0.05) is 18.7 Å². The molecule has 3 rings (SSSR count). The molecule has 5 nitrogen and oxygen atoms in total. The molecule has 0 aliphatic rings. The van der Waals surface area contributed by atoms with Crippen LogP contribution in [0, 0.1) is 0 Å². The van der Waals surface area contributed by atoms with Gasteiger partial charge in [-0.15, -0.1) is 0 Å². The second kappa shape index (κ2) is 7.85. The Morgan fingerprint density at radius 1 is 1.25 bits per heavy atom. The van der Waals surface area contributed by atoms with Gasteiger partial charge < -0.3 is 10.6 Å². The molecule has 1 aromatic carbocycles. The summed E-state index contributed by atoms with van der Waals surface area (Å²) in [6.45, 7) is 5.92. The highest BCUT2D eigenvalue weighted by Crippen LogP contribution is 2.31. The molecule has 3 aromatic rings. The molecule has 0 aliphatic heterocycles. The average Bonchev–Trinajstić information content (AvgIpc) is 3.13. The number of allylic oxidation sites excluding steroid dienone is 1. The van der Waals surface area contributed by atoms with Crippen LogP contribution in [0.1, 0.15) is 18.1 Å². The lowest BCUT2D eigenvalue weighted by atomic mass is 10.1. The standard InChI is InChI=1S/C20H20F3N5/c1-13(15-7-8-19-25-12-26-28(19)11-15)9-18(24-3)14(2)27-17-6-4-5-16(10-17)20(21,22)23/h4-12,18,24,27H,2H2,1,3H3/b13-9+. The lowest BCUT2D eigenvalue weighted by Crippen LogP contribution is -2.28. The van der Waals surface area contributed by atoms with Crippen molar-refractivity contribution < 1.29 is 13.2 Å². The van der Waals surface area contributed by atoms with E-state index in [1.807, 2.05) is 31.3 Å². The predicted octanol–water partition coefficient (Wildman–Crippen LogP) is 4.37. The Labute approximate surface area is 160 Å². The molecule has 2 aromatic heterocycles. The summed E-state index contributed by atoms with van der Waals surface area (Å²) in [7, 11) is 1.76. The molecule has 2 heterocycles. The number of pyridine rings is 1. The quantitative estimate of drug-likeness (QED) is 0.660. The molecule has 146 valence electrons. The Morgan fingerprint density at radius 3 is 2.75 bits per heavy atom. The normalized spacial score (nSPS) is 13.5. The Hall–Kier alpha value is -3.13. The minimum Gasteiger partial charge on any atom is -0.358 e. The molecule has 28 heavy (non-hydrogen) atoms. The summed E-state index contributed by atoms with van der Waals surface area (Å²) in [5.41, 5.74) is 2.81. The fraction of sp³-hybridized carbons (Fsp3) is 0.200. The van der Waals surface area contributed by atoms with Gasteiger partial charge in [0.25, 0.3) is 0 Å². The van der Waals surface area contributed by atoms with Gasteiger partial charge in [0.15, 0.2) is 5.65 Å². The minimum atomic E-state index is -4.39. The predicted molar refractivity (Wildman–Crippen MR) is 104 cm³/mol. The maximum Gasteiger partial charge on any atom is 0.416 e. The first kappa shape index (κ1) is 19.6. The molecule has 1 unspecified atom stereocenters. The first-order valence-corrected chi connectivity index (χ1v) is 8.56. The van der Waals surface area contributed by atoms with Crippen molar-refractivity contribution in [1.29, 1.82) is 0 Å². The van der Waals surface area contributed by atoms with E-state index >= 15 is 0 Å². The Morgan fingerprint density at radius 2 is 2.04 bits per heavy atom. The van der Waals surface area contributed by atoms with Gasteiger partial charge in [0.05, 0.1) is 11.6 Å². The largest absolute Gasteiger partial charge is 0.416 e. The number of benzene rings is 1. The molecule has 0 saturated carbocycles. The summed E-state index contributed by atoms with van der Waals surface area (Å²) in [5, 5.41) is 10.2.